The van der Waals surface area contributed by atoms with Crippen LogP contribution in [0.15, 0.2) is 36.5 Å². The van der Waals surface area contributed by atoms with E-state index in [0.29, 0.717) is 42.7 Å². The van der Waals surface area contributed by atoms with Crippen molar-refractivity contribution >= 4 is 52.3 Å². The molecule has 1 aliphatic rings. The summed E-state index contributed by atoms with van der Waals surface area (Å²) in [5, 5.41) is 4.88. The lowest BCUT2D eigenvalue weighted by molar-refractivity contribution is 0.0303. The summed E-state index contributed by atoms with van der Waals surface area (Å²) in [4.78, 5) is 19.5. The summed E-state index contributed by atoms with van der Waals surface area (Å²) in [5.41, 5.74) is 3.40. The molecule has 4 rings (SSSR count). The number of fused-ring (bicyclic) bond motifs is 1. The molecule has 1 saturated heterocycles. The van der Waals surface area contributed by atoms with Crippen molar-refractivity contribution < 1.29 is 9.53 Å². The highest BCUT2D eigenvalue weighted by Gasteiger charge is 2.24. The molecular weight excluding hydrogens is 399 g/mol. The number of carbonyl (C=O) groups excluding carboxylic acids is 1. The SMILES string of the molecule is Cc1cc2c(Nc3cccc(Cl)c3)ncc(C(=O)N3CCOCC3)c2n1C.Cl. The summed E-state index contributed by atoms with van der Waals surface area (Å²) in [7, 11) is 1.97. The summed E-state index contributed by atoms with van der Waals surface area (Å²) < 4.78 is 7.40. The molecule has 1 amide bonds. The van der Waals surface area contributed by atoms with E-state index < -0.39 is 0 Å². The molecule has 0 aliphatic carbocycles. The number of rotatable bonds is 3. The van der Waals surface area contributed by atoms with Gasteiger partial charge >= 0.3 is 0 Å². The van der Waals surface area contributed by atoms with Crippen molar-refractivity contribution in [2.24, 2.45) is 7.05 Å². The van der Waals surface area contributed by atoms with Crippen LogP contribution in [0.5, 0.6) is 0 Å². The third-order valence-electron chi connectivity index (χ3n) is 4.92. The molecule has 6 nitrogen and oxygen atoms in total. The maximum atomic E-state index is 13.1. The number of nitrogens with zero attached hydrogens (tertiary/aromatic N) is 3. The van der Waals surface area contributed by atoms with Crippen LogP contribution in [0.25, 0.3) is 10.9 Å². The zero-order valence-corrected chi connectivity index (χ0v) is 17.3. The van der Waals surface area contributed by atoms with Gasteiger partial charge in [0.25, 0.3) is 5.91 Å². The molecule has 148 valence electrons. The first-order valence-electron chi connectivity index (χ1n) is 8.89. The number of benzene rings is 1. The number of aromatic nitrogens is 2. The van der Waals surface area contributed by atoms with Crippen molar-refractivity contribution in [3.63, 3.8) is 0 Å². The van der Waals surface area contributed by atoms with Gasteiger partial charge in [0.1, 0.15) is 5.82 Å². The molecule has 1 aliphatic heterocycles. The van der Waals surface area contributed by atoms with Gasteiger partial charge < -0.3 is 19.5 Å². The van der Waals surface area contributed by atoms with Gasteiger partial charge in [0.2, 0.25) is 0 Å². The number of amides is 1. The third-order valence-corrected chi connectivity index (χ3v) is 5.16. The van der Waals surface area contributed by atoms with Crippen LogP contribution in [0.2, 0.25) is 5.02 Å². The van der Waals surface area contributed by atoms with Crippen LogP contribution < -0.4 is 5.32 Å². The minimum Gasteiger partial charge on any atom is -0.378 e. The second-order valence-electron chi connectivity index (χ2n) is 6.67. The normalized spacial score (nSPS) is 14.0. The standard InChI is InChI=1S/C20H21ClN4O2.ClH/c1-13-10-16-18(24(13)2)17(20(26)25-6-8-27-9-7-25)12-22-19(16)23-15-5-3-4-14(21)11-15;/h3-5,10-12H,6-9H2,1-2H3,(H,22,23);1H. The van der Waals surface area contributed by atoms with E-state index in [2.05, 4.69) is 10.3 Å². The van der Waals surface area contributed by atoms with E-state index in [1.807, 2.05) is 53.8 Å². The summed E-state index contributed by atoms with van der Waals surface area (Å²) in [5.74, 6) is 0.695. The van der Waals surface area contributed by atoms with Crippen LogP contribution in [0.4, 0.5) is 11.5 Å². The smallest absolute Gasteiger partial charge is 0.257 e. The first-order chi connectivity index (χ1) is 13.0. The van der Waals surface area contributed by atoms with E-state index in [-0.39, 0.29) is 18.3 Å². The average Bonchev–Trinajstić information content (AvgIpc) is 2.98. The molecule has 0 spiro atoms. The Balaban J connectivity index is 0.00000225. The van der Waals surface area contributed by atoms with Gasteiger partial charge in [-0.25, -0.2) is 4.98 Å². The maximum Gasteiger partial charge on any atom is 0.257 e. The number of hydrogen-bond donors (Lipinski definition) is 1. The minimum atomic E-state index is -0.00805. The van der Waals surface area contributed by atoms with Crippen LogP contribution in [0, 0.1) is 6.92 Å². The van der Waals surface area contributed by atoms with Gasteiger partial charge in [-0.05, 0) is 31.2 Å². The van der Waals surface area contributed by atoms with Crippen molar-refractivity contribution in [2.45, 2.75) is 6.92 Å². The van der Waals surface area contributed by atoms with Gasteiger partial charge in [0.15, 0.2) is 0 Å². The number of pyridine rings is 1. The summed E-state index contributed by atoms with van der Waals surface area (Å²) in [6.07, 6.45) is 1.66. The topological polar surface area (TPSA) is 59.4 Å². The van der Waals surface area contributed by atoms with E-state index >= 15 is 0 Å². The lowest BCUT2D eigenvalue weighted by atomic mass is 10.1. The molecule has 0 atom stereocenters. The average molecular weight is 421 g/mol. The Morgan fingerprint density at radius 1 is 1.25 bits per heavy atom. The van der Waals surface area contributed by atoms with E-state index in [1.54, 1.807) is 6.20 Å². The monoisotopic (exact) mass is 420 g/mol. The lowest BCUT2D eigenvalue weighted by Gasteiger charge is -2.27. The predicted molar refractivity (Wildman–Crippen MR) is 114 cm³/mol. The summed E-state index contributed by atoms with van der Waals surface area (Å²) in [6.45, 7) is 4.37. The fourth-order valence-electron chi connectivity index (χ4n) is 3.39. The minimum absolute atomic E-state index is 0. The molecule has 8 heteroatoms. The zero-order chi connectivity index (χ0) is 19.0. The first-order valence-corrected chi connectivity index (χ1v) is 9.27. The molecule has 3 aromatic rings. The maximum absolute atomic E-state index is 13.1. The fourth-order valence-corrected chi connectivity index (χ4v) is 3.58. The van der Waals surface area contributed by atoms with Crippen molar-refractivity contribution in [1.82, 2.24) is 14.5 Å². The molecule has 0 radical (unpaired) electrons. The number of aryl methyl sites for hydroxylation is 2. The quantitative estimate of drug-likeness (QED) is 0.690. The van der Waals surface area contributed by atoms with E-state index in [1.165, 1.54) is 0 Å². The van der Waals surface area contributed by atoms with Crippen molar-refractivity contribution in [3.05, 3.63) is 52.8 Å². The van der Waals surface area contributed by atoms with Crippen LogP contribution in [-0.2, 0) is 11.8 Å². The molecule has 0 saturated carbocycles. The molecule has 3 heterocycles. The molecule has 28 heavy (non-hydrogen) atoms. The number of morpholine rings is 1. The van der Waals surface area contributed by atoms with Crippen LogP contribution in [0.3, 0.4) is 0 Å². The highest BCUT2D eigenvalue weighted by atomic mass is 35.5. The number of hydrogen-bond acceptors (Lipinski definition) is 4. The van der Waals surface area contributed by atoms with Crippen molar-refractivity contribution in [3.8, 4) is 0 Å². The third kappa shape index (κ3) is 3.81. The summed E-state index contributed by atoms with van der Waals surface area (Å²) in [6, 6.07) is 9.53. The molecular formula is C20H22Cl2N4O2. The Bertz CT molecular complexity index is 1010. The van der Waals surface area contributed by atoms with Crippen LogP contribution >= 0.6 is 24.0 Å². The molecule has 2 aromatic heterocycles. The molecule has 1 fully saturated rings. The number of halogens is 2. The largest absolute Gasteiger partial charge is 0.378 e. The Hall–Kier alpha value is -2.28. The molecule has 1 N–H and O–H groups in total. The van der Waals surface area contributed by atoms with Crippen molar-refractivity contribution in [2.75, 3.05) is 31.6 Å². The highest BCUT2D eigenvalue weighted by Crippen LogP contribution is 2.30. The zero-order valence-electron chi connectivity index (χ0n) is 15.7. The van der Waals surface area contributed by atoms with Crippen LogP contribution in [0.1, 0.15) is 16.1 Å². The molecule has 0 bridgehead atoms. The Labute approximate surface area is 174 Å². The van der Waals surface area contributed by atoms with Gasteiger partial charge in [0.05, 0.1) is 24.3 Å². The van der Waals surface area contributed by atoms with Gasteiger partial charge in [-0.3, -0.25) is 4.79 Å². The van der Waals surface area contributed by atoms with E-state index in [9.17, 15) is 4.79 Å². The highest BCUT2D eigenvalue weighted by molar-refractivity contribution is 6.30. The number of anilines is 2. The predicted octanol–water partition coefficient (Wildman–Crippen LogP) is 4.17. The fraction of sp³-hybridized carbons (Fsp3) is 0.300. The van der Waals surface area contributed by atoms with E-state index in [0.717, 1.165) is 22.3 Å². The Morgan fingerprint density at radius 2 is 2.00 bits per heavy atom. The lowest BCUT2D eigenvalue weighted by Crippen LogP contribution is -2.40. The van der Waals surface area contributed by atoms with Gasteiger partial charge in [-0.15, -0.1) is 12.4 Å². The number of nitrogens with one attached hydrogen (secondary N) is 1. The van der Waals surface area contributed by atoms with Gasteiger partial charge in [0, 0.05) is 48.1 Å². The summed E-state index contributed by atoms with van der Waals surface area (Å²) >= 11 is 6.09. The number of carbonyl (C=O) groups is 1. The van der Waals surface area contributed by atoms with Gasteiger partial charge in [-0.2, -0.15) is 0 Å². The van der Waals surface area contributed by atoms with Gasteiger partial charge in [-0.1, -0.05) is 17.7 Å². The number of ether oxygens (including phenoxy) is 1. The molecule has 0 unspecified atom stereocenters. The van der Waals surface area contributed by atoms with Crippen molar-refractivity contribution in [1.29, 1.82) is 0 Å². The Kier molecular flexibility index (Phi) is 6.13. The second kappa shape index (κ2) is 8.39. The van der Waals surface area contributed by atoms with E-state index in [4.69, 9.17) is 16.3 Å². The first kappa shape index (κ1) is 20.5. The Morgan fingerprint density at radius 3 is 2.71 bits per heavy atom. The molecule has 1 aromatic carbocycles. The van der Waals surface area contributed by atoms with Crippen LogP contribution in [-0.4, -0.2) is 46.7 Å². The second-order valence-corrected chi connectivity index (χ2v) is 7.10.